The summed E-state index contributed by atoms with van der Waals surface area (Å²) >= 11 is 0. The molecular weight excluding hydrogens is 182 g/mol. The van der Waals surface area contributed by atoms with Crippen molar-refractivity contribution in [1.29, 1.82) is 0 Å². The van der Waals surface area contributed by atoms with Crippen molar-refractivity contribution in [3.63, 3.8) is 0 Å². The van der Waals surface area contributed by atoms with Gasteiger partial charge in [-0.25, -0.2) is 0 Å². The van der Waals surface area contributed by atoms with Crippen molar-refractivity contribution in [3.8, 4) is 0 Å². The van der Waals surface area contributed by atoms with E-state index < -0.39 is 0 Å². The Hall–Kier alpha value is -1.08. The van der Waals surface area contributed by atoms with Gasteiger partial charge in [0.05, 0.1) is 0 Å². The Morgan fingerprint density at radius 3 is 3.13 bits per heavy atom. The molecule has 0 spiro atoms. The summed E-state index contributed by atoms with van der Waals surface area (Å²) in [4.78, 5) is 0. The van der Waals surface area contributed by atoms with Gasteiger partial charge >= 0.3 is 0 Å². The summed E-state index contributed by atoms with van der Waals surface area (Å²) in [5, 5.41) is 3.43. The summed E-state index contributed by atoms with van der Waals surface area (Å²) in [6, 6.07) is 8.87. The molecule has 15 heavy (non-hydrogen) atoms. The van der Waals surface area contributed by atoms with Gasteiger partial charge < -0.3 is 5.32 Å². The average molecular weight is 201 g/mol. The molecule has 1 unspecified atom stereocenters. The van der Waals surface area contributed by atoms with E-state index in [9.17, 15) is 0 Å². The number of nitrogens with one attached hydrogen (secondary N) is 1. The van der Waals surface area contributed by atoms with E-state index in [1.165, 1.54) is 19.3 Å². The van der Waals surface area contributed by atoms with Crippen molar-refractivity contribution in [3.05, 3.63) is 48.0 Å². The smallest absolute Gasteiger partial charge is 0.0132 e. The van der Waals surface area contributed by atoms with Crippen LogP contribution in [0.5, 0.6) is 0 Å². The van der Waals surface area contributed by atoms with Gasteiger partial charge in [0.1, 0.15) is 0 Å². The van der Waals surface area contributed by atoms with Gasteiger partial charge in [-0.2, -0.15) is 0 Å². The van der Waals surface area contributed by atoms with Crippen LogP contribution < -0.4 is 5.32 Å². The van der Waals surface area contributed by atoms with Crippen LogP contribution in [0.4, 0.5) is 0 Å². The van der Waals surface area contributed by atoms with Gasteiger partial charge in [0.2, 0.25) is 0 Å². The van der Waals surface area contributed by atoms with Crippen molar-refractivity contribution in [2.24, 2.45) is 0 Å². The second-order valence-electron chi connectivity index (χ2n) is 4.23. The molecule has 0 saturated carbocycles. The average Bonchev–Trinajstić information content (AvgIpc) is 2.30. The molecule has 1 aromatic rings. The van der Waals surface area contributed by atoms with E-state index in [0.717, 1.165) is 13.1 Å². The molecular formula is C14H19N. The summed E-state index contributed by atoms with van der Waals surface area (Å²) in [6.45, 7) is 5.73. The molecule has 1 atom stereocenters. The summed E-state index contributed by atoms with van der Waals surface area (Å²) in [5.74, 6) is 0.704. The van der Waals surface area contributed by atoms with Crippen LogP contribution >= 0.6 is 0 Å². The minimum Gasteiger partial charge on any atom is -0.313 e. The van der Waals surface area contributed by atoms with Crippen LogP contribution in [0.3, 0.4) is 0 Å². The molecule has 0 amide bonds. The maximum Gasteiger partial charge on any atom is 0.0132 e. The Balaban J connectivity index is 2.05. The Bertz CT molecular complexity index is 330. The van der Waals surface area contributed by atoms with Crippen LogP contribution in [-0.2, 0) is 6.42 Å². The molecule has 0 fully saturated rings. The molecule has 0 aliphatic heterocycles. The zero-order chi connectivity index (χ0) is 10.5. The second-order valence-corrected chi connectivity index (χ2v) is 4.23. The van der Waals surface area contributed by atoms with E-state index in [2.05, 4.69) is 36.2 Å². The van der Waals surface area contributed by atoms with Crippen molar-refractivity contribution < 1.29 is 0 Å². The molecule has 0 bridgehead atoms. The lowest BCUT2D eigenvalue weighted by atomic mass is 9.83. The molecule has 0 aromatic heterocycles. The minimum atomic E-state index is 0.704. The third-order valence-corrected chi connectivity index (χ3v) is 3.17. The van der Waals surface area contributed by atoms with E-state index in [4.69, 9.17) is 0 Å². The largest absolute Gasteiger partial charge is 0.313 e. The maximum atomic E-state index is 3.73. The zero-order valence-electron chi connectivity index (χ0n) is 9.21. The van der Waals surface area contributed by atoms with E-state index in [1.54, 1.807) is 11.1 Å². The molecule has 0 radical (unpaired) electrons. The first kappa shape index (κ1) is 10.4. The maximum absolute atomic E-state index is 3.73. The highest BCUT2D eigenvalue weighted by atomic mass is 14.8. The van der Waals surface area contributed by atoms with Gasteiger partial charge in [0.25, 0.3) is 0 Å². The van der Waals surface area contributed by atoms with E-state index in [0.29, 0.717) is 5.92 Å². The summed E-state index contributed by atoms with van der Waals surface area (Å²) in [6.07, 6.45) is 5.83. The Labute approximate surface area is 92.2 Å². The fraction of sp³-hybridized carbons (Fsp3) is 0.429. The molecule has 1 heteroatoms. The monoisotopic (exact) mass is 201 g/mol. The first-order chi connectivity index (χ1) is 7.42. The predicted octanol–water partition coefficient (Wildman–Crippen LogP) is 2.88. The van der Waals surface area contributed by atoms with E-state index in [1.807, 2.05) is 6.08 Å². The van der Waals surface area contributed by atoms with Crippen molar-refractivity contribution in [2.75, 3.05) is 13.1 Å². The van der Waals surface area contributed by atoms with Gasteiger partial charge in [0, 0.05) is 13.1 Å². The number of hydrogen-bond donors (Lipinski definition) is 1. The molecule has 80 valence electrons. The first-order valence-electron chi connectivity index (χ1n) is 5.81. The molecule has 1 aliphatic rings. The fourth-order valence-corrected chi connectivity index (χ4v) is 2.43. The quantitative estimate of drug-likeness (QED) is 0.583. The lowest BCUT2D eigenvalue weighted by molar-refractivity contribution is 0.520. The Kier molecular flexibility index (Phi) is 3.57. The molecule has 1 nitrogen and oxygen atoms in total. The highest BCUT2D eigenvalue weighted by Gasteiger charge is 2.18. The van der Waals surface area contributed by atoms with Crippen LogP contribution in [0.15, 0.2) is 36.9 Å². The predicted molar refractivity (Wildman–Crippen MR) is 65.2 cm³/mol. The SMILES string of the molecule is C=CCNCC1CCCc2ccccc21. The topological polar surface area (TPSA) is 12.0 Å². The van der Waals surface area contributed by atoms with E-state index in [-0.39, 0.29) is 0 Å². The van der Waals surface area contributed by atoms with Crippen molar-refractivity contribution in [2.45, 2.75) is 25.2 Å². The molecule has 2 rings (SSSR count). The molecule has 0 heterocycles. The summed E-state index contributed by atoms with van der Waals surface area (Å²) in [7, 11) is 0. The van der Waals surface area contributed by atoms with Crippen LogP contribution in [0.2, 0.25) is 0 Å². The number of fused-ring (bicyclic) bond motifs is 1. The molecule has 1 aromatic carbocycles. The lowest BCUT2D eigenvalue weighted by Gasteiger charge is -2.25. The highest BCUT2D eigenvalue weighted by Crippen LogP contribution is 2.30. The fourth-order valence-electron chi connectivity index (χ4n) is 2.43. The van der Waals surface area contributed by atoms with Gasteiger partial charge in [0.15, 0.2) is 0 Å². The van der Waals surface area contributed by atoms with Crippen molar-refractivity contribution >= 4 is 0 Å². The molecule has 1 aliphatic carbocycles. The number of rotatable bonds is 4. The summed E-state index contributed by atoms with van der Waals surface area (Å²) in [5.41, 5.74) is 3.11. The third kappa shape index (κ3) is 2.48. The lowest BCUT2D eigenvalue weighted by Crippen LogP contribution is -2.24. The second kappa shape index (κ2) is 5.13. The van der Waals surface area contributed by atoms with Crippen LogP contribution in [0.25, 0.3) is 0 Å². The van der Waals surface area contributed by atoms with Gasteiger partial charge in [-0.1, -0.05) is 30.3 Å². The Morgan fingerprint density at radius 1 is 1.40 bits per heavy atom. The van der Waals surface area contributed by atoms with Gasteiger partial charge in [-0.3, -0.25) is 0 Å². The normalized spacial score (nSPS) is 19.6. The number of benzene rings is 1. The zero-order valence-corrected chi connectivity index (χ0v) is 9.21. The van der Waals surface area contributed by atoms with Crippen LogP contribution in [0.1, 0.15) is 29.9 Å². The van der Waals surface area contributed by atoms with Crippen LogP contribution in [0, 0.1) is 0 Å². The highest BCUT2D eigenvalue weighted by molar-refractivity contribution is 5.32. The minimum absolute atomic E-state index is 0.704. The van der Waals surface area contributed by atoms with Gasteiger partial charge in [-0.15, -0.1) is 6.58 Å². The van der Waals surface area contributed by atoms with Crippen molar-refractivity contribution in [1.82, 2.24) is 5.32 Å². The van der Waals surface area contributed by atoms with Gasteiger partial charge in [-0.05, 0) is 36.3 Å². The third-order valence-electron chi connectivity index (χ3n) is 3.17. The number of hydrogen-bond acceptors (Lipinski definition) is 1. The van der Waals surface area contributed by atoms with E-state index >= 15 is 0 Å². The number of aryl methyl sites for hydroxylation is 1. The molecule has 1 N–H and O–H groups in total. The van der Waals surface area contributed by atoms with Crippen LogP contribution in [-0.4, -0.2) is 13.1 Å². The summed E-state index contributed by atoms with van der Waals surface area (Å²) < 4.78 is 0. The standard InChI is InChI=1S/C14H19N/c1-2-10-15-11-13-8-5-7-12-6-3-4-9-14(12)13/h2-4,6,9,13,15H,1,5,7-8,10-11H2. The molecule has 0 saturated heterocycles. The Morgan fingerprint density at radius 2 is 2.27 bits per heavy atom. The first-order valence-corrected chi connectivity index (χ1v) is 5.81.